The first kappa shape index (κ1) is 11.9. The Morgan fingerprint density at radius 1 is 1.00 bits per heavy atom. The van der Waals surface area contributed by atoms with E-state index in [0.717, 1.165) is 0 Å². The fourth-order valence-electron chi connectivity index (χ4n) is 1.78. The standard InChI is InChI=1S/C9H18O5/c1-5-7(11-2)8(12-3)6(10)9(13-4)14-5/h5-10H,1-4H3/t5-,6-,7+,8-,9-/m0/s1. The third-order valence-corrected chi connectivity index (χ3v) is 2.53. The lowest BCUT2D eigenvalue weighted by atomic mass is 9.99. The average Bonchev–Trinajstić information content (AvgIpc) is 2.20. The molecule has 0 radical (unpaired) electrons. The second-order valence-corrected chi connectivity index (χ2v) is 3.34. The number of methoxy groups -OCH3 is 3. The van der Waals surface area contributed by atoms with Crippen LogP contribution in [0.15, 0.2) is 0 Å². The summed E-state index contributed by atoms with van der Waals surface area (Å²) in [6.07, 6.45) is -2.35. The fraction of sp³-hybridized carbons (Fsp3) is 1.00. The smallest absolute Gasteiger partial charge is 0.186 e. The molecule has 0 aliphatic carbocycles. The Hall–Kier alpha value is -0.200. The highest BCUT2D eigenvalue weighted by atomic mass is 16.7. The van der Waals surface area contributed by atoms with Crippen molar-refractivity contribution in [3.8, 4) is 0 Å². The Morgan fingerprint density at radius 3 is 2.00 bits per heavy atom. The topological polar surface area (TPSA) is 57.2 Å². The molecule has 1 rings (SSSR count). The number of ether oxygens (including phenoxy) is 4. The lowest BCUT2D eigenvalue weighted by Gasteiger charge is -2.41. The highest BCUT2D eigenvalue weighted by molar-refractivity contribution is 4.89. The first-order valence-electron chi connectivity index (χ1n) is 4.57. The van der Waals surface area contributed by atoms with Gasteiger partial charge in [0, 0.05) is 21.3 Å². The average molecular weight is 206 g/mol. The number of aliphatic hydroxyl groups excluding tert-OH is 1. The summed E-state index contributed by atoms with van der Waals surface area (Å²) in [6, 6.07) is 0. The highest BCUT2D eigenvalue weighted by Gasteiger charge is 2.44. The van der Waals surface area contributed by atoms with Gasteiger partial charge in [-0.05, 0) is 6.92 Å². The Morgan fingerprint density at radius 2 is 1.57 bits per heavy atom. The molecule has 1 fully saturated rings. The fourth-order valence-corrected chi connectivity index (χ4v) is 1.78. The quantitative estimate of drug-likeness (QED) is 0.691. The molecule has 1 aliphatic rings. The van der Waals surface area contributed by atoms with Crippen LogP contribution >= 0.6 is 0 Å². The van der Waals surface area contributed by atoms with E-state index in [4.69, 9.17) is 18.9 Å². The van der Waals surface area contributed by atoms with E-state index in [9.17, 15) is 5.11 Å². The van der Waals surface area contributed by atoms with Gasteiger partial charge in [-0.1, -0.05) is 0 Å². The number of aliphatic hydroxyl groups is 1. The van der Waals surface area contributed by atoms with Crippen molar-refractivity contribution in [2.24, 2.45) is 0 Å². The molecule has 5 nitrogen and oxygen atoms in total. The van der Waals surface area contributed by atoms with Gasteiger partial charge in [-0.15, -0.1) is 0 Å². The molecule has 14 heavy (non-hydrogen) atoms. The summed E-state index contributed by atoms with van der Waals surface area (Å²) < 4.78 is 20.8. The van der Waals surface area contributed by atoms with Gasteiger partial charge < -0.3 is 24.1 Å². The molecular weight excluding hydrogens is 188 g/mol. The molecular formula is C9H18O5. The summed E-state index contributed by atoms with van der Waals surface area (Å²) in [4.78, 5) is 0. The van der Waals surface area contributed by atoms with Crippen molar-refractivity contribution in [3.05, 3.63) is 0 Å². The Balaban J connectivity index is 2.73. The molecule has 0 spiro atoms. The van der Waals surface area contributed by atoms with Gasteiger partial charge in [0.05, 0.1) is 6.10 Å². The van der Waals surface area contributed by atoms with Crippen molar-refractivity contribution >= 4 is 0 Å². The SMILES string of the molecule is CO[C@H]1O[C@@H](C)[C@@H](OC)[C@@H](OC)[C@@H]1O. The summed E-state index contributed by atoms with van der Waals surface area (Å²) in [5.41, 5.74) is 0. The van der Waals surface area contributed by atoms with E-state index in [0.29, 0.717) is 0 Å². The van der Waals surface area contributed by atoms with Crippen molar-refractivity contribution in [2.75, 3.05) is 21.3 Å². The molecule has 0 aromatic rings. The second kappa shape index (κ2) is 5.04. The first-order valence-corrected chi connectivity index (χ1v) is 4.57. The zero-order chi connectivity index (χ0) is 10.7. The lowest BCUT2D eigenvalue weighted by molar-refractivity contribution is -0.293. The first-order chi connectivity index (χ1) is 6.65. The zero-order valence-corrected chi connectivity index (χ0v) is 8.97. The van der Waals surface area contributed by atoms with Gasteiger partial charge in [0.25, 0.3) is 0 Å². The van der Waals surface area contributed by atoms with Crippen LogP contribution in [-0.2, 0) is 18.9 Å². The van der Waals surface area contributed by atoms with E-state index in [1.807, 2.05) is 6.92 Å². The number of rotatable bonds is 3. The zero-order valence-electron chi connectivity index (χ0n) is 8.97. The van der Waals surface area contributed by atoms with Crippen LogP contribution < -0.4 is 0 Å². The van der Waals surface area contributed by atoms with Gasteiger partial charge in [-0.3, -0.25) is 0 Å². The summed E-state index contributed by atoms with van der Waals surface area (Å²) in [5, 5.41) is 9.79. The third-order valence-electron chi connectivity index (χ3n) is 2.53. The molecule has 0 bridgehead atoms. The van der Waals surface area contributed by atoms with Crippen molar-refractivity contribution in [3.63, 3.8) is 0 Å². The van der Waals surface area contributed by atoms with Crippen molar-refractivity contribution < 1.29 is 24.1 Å². The van der Waals surface area contributed by atoms with Crippen LogP contribution in [0.2, 0.25) is 0 Å². The highest BCUT2D eigenvalue weighted by Crippen LogP contribution is 2.24. The van der Waals surface area contributed by atoms with Crippen LogP contribution in [-0.4, -0.2) is 57.1 Å². The largest absolute Gasteiger partial charge is 0.385 e. The predicted molar refractivity (Wildman–Crippen MR) is 48.9 cm³/mol. The van der Waals surface area contributed by atoms with Crippen molar-refractivity contribution in [1.29, 1.82) is 0 Å². The lowest BCUT2D eigenvalue weighted by Crippen LogP contribution is -2.58. The molecule has 84 valence electrons. The second-order valence-electron chi connectivity index (χ2n) is 3.34. The van der Waals surface area contributed by atoms with Crippen LogP contribution in [0.5, 0.6) is 0 Å². The molecule has 1 saturated heterocycles. The van der Waals surface area contributed by atoms with Crippen LogP contribution in [0.1, 0.15) is 6.92 Å². The molecule has 5 atom stereocenters. The molecule has 0 amide bonds. The Bertz CT molecular complexity index is 175. The molecule has 1 heterocycles. The van der Waals surface area contributed by atoms with Crippen LogP contribution in [0.3, 0.4) is 0 Å². The molecule has 1 N–H and O–H groups in total. The predicted octanol–water partition coefficient (Wildman–Crippen LogP) is -0.232. The maximum atomic E-state index is 9.79. The summed E-state index contributed by atoms with van der Waals surface area (Å²) in [6.45, 7) is 1.86. The minimum Gasteiger partial charge on any atom is -0.385 e. The van der Waals surface area contributed by atoms with Gasteiger partial charge in [-0.25, -0.2) is 0 Å². The minimum absolute atomic E-state index is 0.168. The molecule has 0 saturated carbocycles. The van der Waals surface area contributed by atoms with Crippen LogP contribution in [0, 0.1) is 0 Å². The minimum atomic E-state index is -0.828. The van der Waals surface area contributed by atoms with Crippen molar-refractivity contribution in [1.82, 2.24) is 0 Å². The van der Waals surface area contributed by atoms with Crippen molar-refractivity contribution in [2.45, 2.75) is 37.6 Å². The normalized spacial score (nSPS) is 43.9. The van der Waals surface area contributed by atoms with E-state index in [1.54, 1.807) is 7.11 Å². The maximum Gasteiger partial charge on any atom is 0.186 e. The summed E-state index contributed by atoms with van der Waals surface area (Å²) in [5.74, 6) is 0. The van der Waals surface area contributed by atoms with E-state index in [2.05, 4.69) is 0 Å². The summed E-state index contributed by atoms with van der Waals surface area (Å²) >= 11 is 0. The maximum absolute atomic E-state index is 9.79. The Labute approximate surface area is 83.9 Å². The van der Waals surface area contributed by atoms with Gasteiger partial charge in [0.2, 0.25) is 0 Å². The van der Waals surface area contributed by atoms with Gasteiger partial charge in [0.15, 0.2) is 6.29 Å². The molecule has 0 aromatic heterocycles. The van der Waals surface area contributed by atoms with E-state index >= 15 is 0 Å². The number of hydrogen-bond donors (Lipinski definition) is 1. The van der Waals surface area contributed by atoms with E-state index < -0.39 is 18.5 Å². The molecule has 1 aliphatic heterocycles. The Kier molecular flexibility index (Phi) is 4.28. The third kappa shape index (κ3) is 2.07. The van der Waals surface area contributed by atoms with E-state index in [1.165, 1.54) is 14.2 Å². The van der Waals surface area contributed by atoms with Gasteiger partial charge >= 0.3 is 0 Å². The van der Waals surface area contributed by atoms with Crippen LogP contribution in [0.4, 0.5) is 0 Å². The monoisotopic (exact) mass is 206 g/mol. The molecule has 5 heteroatoms. The van der Waals surface area contributed by atoms with Crippen LogP contribution in [0.25, 0.3) is 0 Å². The number of hydrogen-bond acceptors (Lipinski definition) is 5. The van der Waals surface area contributed by atoms with Gasteiger partial charge in [0.1, 0.15) is 18.3 Å². The molecule has 0 unspecified atom stereocenters. The van der Waals surface area contributed by atoms with E-state index in [-0.39, 0.29) is 12.2 Å². The summed E-state index contributed by atoms with van der Waals surface area (Å²) in [7, 11) is 4.58. The van der Waals surface area contributed by atoms with Gasteiger partial charge in [-0.2, -0.15) is 0 Å². The molecule has 0 aromatic carbocycles.